The van der Waals surface area contributed by atoms with E-state index in [0.717, 1.165) is 42.7 Å². The summed E-state index contributed by atoms with van der Waals surface area (Å²) in [5.74, 6) is 0.208. The average Bonchev–Trinajstić information content (AvgIpc) is 2.93. The Hall–Kier alpha value is -3.09. The summed E-state index contributed by atoms with van der Waals surface area (Å²) in [7, 11) is 2.10. The maximum Gasteiger partial charge on any atom is 0.258 e. The van der Waals surface area contributed by atoms with Gasteiger partial charge in [-0.05, 0) is 54.4 Å². The molecule has 32 heavy (non-hydrogen) atoms. The van der Waals surface area contributed by atoms with Crippen molar-refractivity contribution in [2.75, 3.05) is 13.1 Å². The standard InChI is InChI=1S/C25H24FN3O2.ClH/c1-28-23-9-12-27-11-8-22(23)21-7-6-19(14-24(21)28)29-13-10-20(15-25(29)30)31-16-17-2-4-18(26)5-3-17;/h2-7,10,13-15,27H,8-9,11-12,16H2,1H3;1H. The van der Waals surface area contributed by atoms with Crippen LogP contribution in [0.4, 0.5) is 4.39 Å². The molecule has 0 amide bonds. The lowest BCUT2D eigenvalue weighted by atomic mass is 10.1. The Morgan fingerprint density at radius 2 is 1.81 bits per heavy atom. The molecule has 0 fully saturated rings. The molecule has 0 saturated heterocycles. The smallest absolute Gasteiger partial charge is 0.258 e. The molecule has 166 valence electrons. The van der Waals surface area contributed by atoms with E-state index in [2.05, 4.69) is 29.1 Å². The molecule has 0 atom stereocenters. The Morgan fingerprint density at radius 3 is 2.59 bits per heavy atom. The minimum absolute atomic E-state index is 0. The Balaban J connectivity index is 0.00000245. The predicted molar refractivity (Wildman–Crippen MR) is 127 cm³/mol. The van der Waals surface area contributed by atoms with Crippen LogP contribution in [-0.4, -0.2) is 22.2 Å². The first-order chi connectivity index (χ1) is 15.1. The maximum absolute atomic E-state index is 13.0. The van der Waals surface area contributed by atoms with E-state index in [1.165, 1.54) is 34.8 Å². The van der Waals surface area contributed by atoms with Gasteiger partial charge in [0.15, 0.2) is 0 Å². The summed E-state index contributed by atoms with van der Waals surface area (Å²) in [6.45, 7) is 2.26. The van der Waals surface area contributed by atoms with Crippen LogP contribution in [0, 0.1) is 5.82 Å². The zero-order valence-electron chi connectivity index (χ0n) is 17.8. The van der Waals surface area contributed by atoms with E-state index in [1.54, 1.807) is 29.0 Å². The normalized spacial score (nSPS) is 13.3. The molecule has 2 aromatic carbocycles. The molecule has 0 aliphatic carbocycles. The first-order valence-electron chi connectivity index (χ1n) is 10.5. The molecule has 0 unspecified atom stereocenters. The second-order valence-corrected chi connectivity index (χ2v) is 7.92. The number of aryl methyl sites for hydroxylation is 1. The zero-order chi connectivity index (χ0) is 21.4. The van der Waals surface area contributed by atoms with Crippen molar-refractivity contribution in [3.8, 4) is 11.4 Å². The zero-order valence-corrected chi connectivity index (χ0v) is 18.6. The number of benzene rings is 2. The third kappa shape index (κ3) is 4.16. The molecule has 0 spiro atoms. The van der Waals surface area contributed by atoms with Gasteiger partial charge in [0.2, 0.25) is 0 Å². The Morgan fingerprint density at radius 1 is 1.03 bits per heavy atom. The number of hydrogen-bond acceptors (Lipinski definition) is 3. The van der Waals surface area contributed by atoms with Gasteiger partial charge in [0.05, 0.1) is 11.2 Å². The van der Waals surface area contributed by atoms with E-state index in [9.17, 15) is 9.18 Å². The number of hydrogen-bond donors (Lipinski definition) is 1. The minimum atomic E-state index is -0.283. The highest BCUT2D eigenvalue weighted by molar-refractivity contribution is 5.87. The minimum Gasteiger partial charge on any atom is -0.489 e. The summed E-state index contributed by atoms with van der Waals surface area (Å²) in [6, 6.07) is 15.6. The Kier molecular flexibility index (Phi) is 6.35. The second kappa shape index (κ2) is 9.18. The third-order valence-electron chi connectivity index (χ3n) is 6.00. The van der Waals surface area contributed by atoms with Gasteiger partial charge in [0, 0.05) is 43.4 Å². The van der Waals surface area contributed by atoms with Crippen molar-refractivity contribution in [3.63, 3.8) is 0 Å². The van der Waals surface area contributed by atoms with Crippen molar-refractivity contribution in [1.29, 1.82) is 0 Å². The predicted octanol–water partition coefficient (Wildman–Crippen LogP) is 4.16. The van der Waals surface area contributed by atoms with Crippen LogP contribution in [0.2, 0.25) is 0 Å². The number of aromatic nitrogens is 2. The van der Waals surface area contributed by atoms with E-state index in [0.29, 0.717) is 5.75 Å². The van der Waals surface area contributed by atoms with E-state index < -0.39 is 0 Å². The molecule has 0 saturated carbocycles. The maximum atomic E-state index is 13.0. The van der Waals surface area contributed by atoms with Crippen LogP contribution in [0.25, 0.3) is 16.6 Å². The fourth-order valence-corrected chi connectivity index (χ4v) is 4.36. The molecule has 4 aromatic rings. The lowest BCUT2D eigenvalue weighted by Crippen LogP contribution is -2.17. The van der Waals surface area contributed by atoms with Crippen LogP contribution in [0.15, 0.2) is 65.6 Å². The lowest BCUT2D eigenvalue weighted by molar-refractivity contribution is 0.305. The molecule has 1 N–H and O–H groups in total. The first-order valence-corrected chi connectivity index (χ1v) is 10.5. The fourth-order valence-electron chi connectivity index (χ4n) is 4.36. The summed E-state index contributed by atoms with van der Waals surface area (Å²) in [4.78, 5) is 12.8. The highest BCUT2D eigenvalue weighted by Gasteiger charge is 2.17. The van der Waals surface area contributed by atoms with Crippen LogP contribution in [0.3, 0.4) is 0 Å². The van der Waals surface area contributed by atoms with Gasteiger partial charge in [-0.3, -0.25) is 9.36 Å². The van der Waals surface area contributed by atoms with Gasteiger partial charge in [-0.2, -0.15) is 0 Å². The molecule has 7 heteroatoms. The van der Waals surface area contributed by atoms with Crippen molar-refractivity contribution in [2.24, 2.45) is 7.05 Å². The molecular weight excluding hydrogens is 429 g/mol. The van der Waals surface area contributed by atoms with Gasteiger partial charge in [-0.1, -0.05) is 18.2 Å². The molecule has 3 heterocycles. The van der Waals surface area contributed by atoms with Crippen molar-refractivity contribution >= 4 is 23.3 Å². The highest BCUT2D eigenvalue weighted by atomic mass is 35.5. The molecular formula is C25H25ClFN3O2. The molecule has 2 aromatic heterocycles. The van der Waals surface area contributed by atoms with Crippen molar-refractivity contribution in [1.82, 2.24) is 14.5 Å². The van der Waals surface area contributed by atoms with Crippen LogP contribution in [0.5, 0.6) is 5.75 Å². The number of halogens is 2. The number of fused-ring (bicyclic) bond motifs is 3. The fraction of sp³-hybridized carbons (Fsp3) is 0.240. The van der Waals surface area contributed by atoms with Crippen LogP contribution in [0.1, 0.15) is 16.8 Å². The average molecular weight is 454 g/mol. The molecule has 1 aliphatic heterocycles. The van der Waals surface area contributed by atoms with E-state index in [-0.39, 0.29) is 30.4 Å². The molecule has 0 radical (unpaired) electrons. The number of nitrogens with zero attached hydrogens (tertiary/aromatic N) is 2. The number of rotatable bonds is 4. The summed E-state index contributed by atoms with van der Waals surface area (Å²) in [6.07, 6.45) is 3.77. The second-order valence-electron chi connectivity index (χ2n) is 7.92. The molecule has 1 aliphatic rings. The van der Waals surface area contributed by atoms with E-state index >= 15 is 0 Å². The number of nitrogens with one attached hydrogen (secondary N) is 1. The number of pyridine rings is 1. The largest absolute Gasteiger partial charge is 0.489 e. The SMILES string of the molecule is Cl.Cn1c2c(c3ccc(-n4ccc(OCc5ccc(F)cc5)cc4=O)cc31)CCNCC2. The third-order valence-corrected chi connectivity index (χ3v) is 6.00. The van der Waals surface area contributed by atoms with Crippen molar-refractivity contribution in [2.45, 2.75) is 19.4 Å². The Bertz CT molecular complexity index is 1310. The van der Waals surface area contributed by atoms with Gasteiger partial charge in [0.25, 0.3) is 5.56 Å². The van der Waals surface area contributed by atoms with Gasteiger partial charge >= 0.3 is 0 Å². The number of ether oxygens (including phenoxy) is 1. The van der Waals surface area contributed by atoms with E-state index in [4.69, 9.17) is 4.74 Å². The van der Waals surface area contributed by atoms with E-state index in [1.807, 2.05) is 6.07 Å². The monoisotopic (exact) mass is 453 g/mol. The summed E-state index contributed by atoms with van der Waals surface area (Å²) in [5.41, 5.74) is 5.44. The van der Waals surface area contributed by atoms with Gasteiger partial charge < -0.3 is 14.6 Å². The molecule has 5 rings (SSSR count). The Labute approximate surface area is 191 Å². The quantitative estimate of drug-likeness (QED) is 0.505. The van der Waals surface area contributed by atoms with Crippen molar-refractivity contribution < 1.29 is 9.13 Å². The highest BCUT2D eigenvalue weighted by Crippen LogP contribution is 2.29. The van der Waals surface area contributed by atoms with Gasteiger partial charge in [-0.25, -0.2) is 4.39 Å². The summed E-state index contributed by atoms with van der Waals surface area (Å²) >= 11 is 0. The van der Waals surface area contributed by atoms with Gasteiger partial charge in [-0.15, -0.1) is 12.4 Å². The van der Waals surface area contributed by atoms with Crippen LogP contribution in [-0.2, 0) is 26.5 Å². The summed E-state index contributed by atoms with van der Waals surface area (Å²) < 4.78 is 22.6. The first kappa shape index (κ1) is 22.1. The lowest BCUT2D eigenvalue weighted by Gasteiger charge is -2.10. The van der Waals surface area contributed by atoms with Crippen molar-refractivity contribution in [3.05, 3.63) is 93.8 Å². The topological polar surface area (TPSA) is 48.2 Å². The van der Waals surface area contributed by atoms with Gasteiger partial charge in [0.1, 0.15) is 18.2 Å². The molecule has 0 bridgehead atoms. The summed E-state index contributed by atoms with van der Waals surface area (Å²) in [5, 5.41) is 4.72. The van der Waals surface area contributed by atoms with Crippen LogP contribution < -0.4 is 15.6 Å². The molecule has 5 nitrogen and oxygen atoms in total. The van der Waals surface area contributed by atoms with Crippen LogP contribution >= 0.6 is 12.4 Å².